The molecule has 4 nitrogen and oxygen atoms in total. The molecular weight excluding hydrogens is 176 g/mol. The highest BCUT2D eigenvalue weighted by Gasteiger charge is 1.98. The van der Waals surface area contributed by atoms with Crippen LogP contribution in [0.4, 0.5) is 0 Å². The van der Waals surface area contributed by atoms with Crippen LogP contribution < -0.4 is 5.73 Å². The van der Waals surface area contributed by atoms with E-state index < -0.39 is 0 Å². The van der Waals surface area contributed by atoms with E-state index in [0.717, 1.165) is 16.9 Å². The molecule has 0 aliphatic rings. The van der Waals surface area contributed by atoms with Gasteiger partial charge >= 0.3 is 0 Å². The average Bonchev–Trinajstić information content (AvgIpc) is 2.65. The molecular formula is C10H12N4. The molecule has 0 radical (unpaired) electrons. The van der Waals surface area contributed by atoms with E-state index in [0.29, 0.717) is 6.54 Å². The molecule has 0 saturated heterocycles. The second kappa shape index (κ2) is 3.59. The van der Waals surface area contributed by atoms with E-state index in [4.69, 9.17) is 5.73 Å². The Morgan fingerprint density at radius 3 is 2.50 bits per heavy atom. The molecule has 4 heteroatoms. The van der Waals surface area contributed by atoms with Gasteiger partial charge < -0.3 is 5.73 Å². The van der Waals surface area contributed by atoms with Crippen molar-refractivity contribution in [3.8, 4) is 5.69 Å². The standard InChI is InChI=1S/C10H12N4/c1-8-7-12-14(13-8)10-4-2-9(6-11)3-5-10/h2-5,7H,6,11H2,1H3. The molecule has 2 N–H and O–H groups in total. The van der Waals surface area contributed by atoms with Gasteiger partial charge in [-0.2, -0.15) is 15.0 Å². The summed E-state index contributed by atoms with van der Waals surface area (Å²) in [4.78, 5) is 1.61. The fourth-order valence-corrected chi connectivity index (χ4v) is 1.23. The molecule has 72 valence electrons. The van der Waals surface area contributed by atoms with Gasteiger partial charge in [-0.3, -0.25) is 0 Å². The largest absolute Gasteiger partial charge is 0.326 e. The quantitative estimate of drug-likeness (QED) is 0.766. The summed E-state index contributed by atoms with van der Waals surface area (Å²) in [5, 5.41) is 8.33. The smallest absolute Gasteiger partial charge is 0.0856 e. The highest BCUT2D eigenvalue weighted by molar-refractivity contribution is 5.32. The van der Waals surface area contributed by atoms with E-state index in [1.807, 2.05) is 31.2 Å². The highest BCUT2D eigenvalue weighted by Crippen LogP contribution is 2.07. The maximum absolute atomic E-state index is 5.50. The van der Waals surface area contributed by atoms with Crippen molar-refractivity contribution < 1.29 is 0 Å². The zero-order valence-corrected chi connectivity index (χ0v) is 8.01. The van der Waals surface area contributed by atoms with Crippen LogP contribution >= 0.6 is 0 Å². The van der Waals surface area contributed by atoms with Crippen LogP contribution in [0.5, 0.6) is 0 Å². The van der Waals surface area contributed by atoms with Crippen LogP contribution in [0.25, 0.3) is 5.69 Å². The average molecular weight is 188 g/mol. The molecule has 0 bridgehead atoms. The van der Waals surface area contributed by atoms with E-state index in [1.165, 1.54) is 0 Å². The molecule has 0 amide bonds. The Bertz CT molecular complexity index is 416. The lowest BCUT2D eigenvalue weighted by Crippen LogP contribution is -2.00. The minimum Gasteiger partial charge on any atom is -0.326 e. The number of aromatic nitrogens is 3. The van der Waals surface area contributed by atoms with Gasteiger partial charge in [-0.15, -0.1) is 0 Å². The fourth-order valence-electron chi connectivity index (χ4n) is 1.23. The lowest BCUT2D eigenvalue weighted by atomic mass is 10.2. The molecule has 0 fully saturated rings. The van der Waals surface area contributed by atoms with Crippen LogP contribution in [0.15, 0.2) is 30.5 Å². The summed E-state index contributed by atoms with van der Waals surface area (Å²) in [6, 6.07) is 7.88. The first-order valence-corrected chi connectivity index (χ1v) is 4.48. The van der Waals surface area contributed by atoms with Crippen LogP contribution in [-0.4, -0.2) is 15.0 Å². The Balaban J connectivity index is 2.33. The normalized spacial score (nSPS) is 10.4. The molecule has 1 heterocycles. The first-order chi connectivity index (χ1) is 6.79. The van der Waals surface area contributed by atoms with Crippen molar-refractivity contribution in [2.75, 3.05) is 0 Å². The van der Waals surface area contributed by atoms with E-state index in [9.17, 15) is 0 Å². The van der Waals surface area contributed by atoms with Crippen molar-refractivity contribution in [2.24, 2.45) is 5.73 Å². The summed E-state index contributed by atoms with van der Waals surface area (Å²) in [6.45, 7) is 2.48. The second-order valence-electron chi connectivity index (χ2n) is 3.15. The van der Waals surface area contributed by atoms with Crippen LogP contribution in [0.2, 0.25) is 0 Å². The van der Waals surface area contributed by atoms with Crippen LogP contribution in [0.3, 0.4) is 0 Å². The molecule has 0 spiro atoms. The van der Waals surface area contributed by atoms with Crippen molar-refractivity contribution in [3.63, 3.8) is 0 Å². The predicted octanol–water partition coefficient (Wildman–Crippen LogP) is 1.03. The Morgan fingerprint density at radius 1 is 1.29 bits per heavy atom. The van der Waals surface area contributed by atoms with E-state index in [2.05, 4.69) is 10.2 Å². The molecule has 0 aliphatic heterocycles. The van der Waals surface area contributed by atoms with E-state index >= 15 is 0 Å². The number of benzene rings is 1. The van der Waals surface area contributed by atoms with Crippen molar-refractivity contribution in [1.29, 1.82) is 0 Å². The van der Waals surface area contributed by atoms with Crippen molar-refractivity contribution in [1.82, 2.24) is 15.0 Å². The summed E-state index contributed by atoms with van der Waals surface area (Å²) >= 11 is 0. The van der Waals surface area contributed by atoms with Crippen molar-refractivity contribution >= 4 is 0 Å². The Kier molecular flexibility index (Phi) is 2.28. The van der Waals surface area contributed by atoms with Gasteiger partial charge in [0.2, 0.25) is 0 Å². The monoisotopic (exact) mass is 188 g/mol. The molecule has 2 aromatic rings. The summed E-state index contributed by atoms with van der Waals surface area (Å²) in [5.41, 5.74) is 8.48. The van der Waals surface area contributed by atoms with Gasteiger partial charge in [0.05, 0.1) is 17.6 Å². The van der Waals surface area contributed by atoms with Gasteiger partial charge in [-0.05, 0) is 24.6 Å². The molecule has 0 saturated carbocycles. The van der Waals surface area contributed by atoms with Gasteiger partial charge in [0, 0.05) is 6.54 Å². The minimum absolute atomic E-state index is 0.561. The summed E-state index contributed by atoms with van der Waals surface area (Å²) < 4.78 is 0. The molecule has 0 unspecified atom stereocenters. The molecule has 0 aliphatic carbocycles. The third kappa shape index (κ3) is 1.65. The Morgan fingerprint density at radius 2 is 2.00 bits per heavy atom. The third-order valence-electron chi connectivity index (χ3n) is 2.01. The molecule has 14 heavy (non-hydrogen) atoms. The Labute approximate surface area is 82.4 Å². The number of rotatable bonds is 2. The Hall–Kier alpha value is -1.68. The first-order valence-electron chi connectivity index (χ1n) is 4.48. The van der Waals surface area contributed by atoms with E-state index in [-0.39, 0.29) is 0 Å². The highest BCUT2D eigenvalue weighted by atomic mass is 15.5. The predicted molar refractivity (Wildman–Crippen MR) is 54.0 cm³/mol. The SMILES string of the molecule is Cc1cnn(-c2ccc(CN)cc2)n1. The van der Waals surface area contributed by atoms with Crippen LogP contribution in [-0.2, 0) is 6.54 Å². The second-order valence-corrected chi connectivity index (χ2v) is 3.15. The lowest BCUT2D eigenvalue weighted by molar-refractivity contribution is 0.745. The number of aryl methyl sites for hydroxylation is 1. The zero-order valence-electron chi connectivity index (χ0n) is 8.01. The van der Waals surface area contributed by atoms with Crippen LogP contribution in [0, 0.1) is 6.92 Å². The van der Waals surface area contributed by atoms with Gasteiger partial charge in [0.15, 0.2) is 0 Å². The first kappa shape index (κ1) is 8.90. The number of hydrogen-bond donors (Lipinski definition) is 1. The van der Waals surface area contributed by atoms with Gasteiger partial charge in [-0.25, -0.2) is 0 Å². The minimum atomic E-state index is 0.561. The van der Waals surface area contributed by atoms with Crippen molar-refractivity contribution in [3.05, 3.63) is 41.7 Å². The summed E-state index contributed by atoms with van der Waals surface area (Å²) in [6.07, 6.45) is 1.73. The van der Waals surface area contributed by atoms with Crippen molar-refractivity contribution in [2.45, 2.75) is 13.5 Å². The van der Waals surface area contributed by atoms with Gasteiger partial charge in [0.25, 0.3) is 0 Å². The van der Waals surface area contributed by atoms with Gasteiger partial charge in [-0.1, -0.05) is 12.1 Å². The maximum Gasteiger partial charge on any atom is 0.0856 e. The molecule has 1 aromatic carbocycles. The van der Waals surface area contributed by atoms with E-state index in [1.54, 1.807) is 11.0 Å². The molecule has 1 aromatic heterocycles. The maximum atomic E-state index is 5.50. The van der Waals surface area contributed by atoms with Crippen LogP contribution in [0.1, 0.15) is 11.3 Å². The topological polar surface area (TPSA) is 56.7 Å². The zero-order chi connectivity index (χ0) is 9.97. The fraction of sp³-hybridized carbons (Fsp3) is 0.200. The summed E-state index contributed by atoms with van der Waals surface area (Å²) in [5.74, 6) is 0. The molecule has 2 rings (SSSR count). The summed E-state index contributed by atoms with van der Waals surface area (Å²) in [7, 11) is 0. The lowest BCUT2D eigenvalue weighted by Gasteiger charge is -2.00. The van der Waals surface area contributed by atoms with Gasteiger partial charge in [0.1, 0.15) is 0 Å². The number of nitrogens with two attached hydrogens (primary N) is 1. The third-order valence-corrected chi connectivity index (χ3v) is 2.01. The molecule has 0 atom stereocenters. The number of hydrogen-bond acceptors (Lipinski definition) is 3. The number of nitrogens with zero attached hydrogens (tertiary/aromatic N) is 3.